The number of rotatable bonds is 3. The molecule has 0 aromatic heterocycles. The zero-order chi connectivity index (χ0) is 18.1. The van der Waals surface area contributed by atoms with E-state index in [4.69, 9.17) is 11.6 Å². The highest BCUT2D eigenvalue weighted by Gasteiger charge is 2.31. The molecule has 132 valence electrons. The number of carbonyl (C=O) groups excluding carboxylic acids is 1. The Morgan fingerprint density at radius 2 is 1.88 bits per heavy atom. The Kier molecular flexibility index (Phi) is 4.64. The van der Waals surface area contributed by atoms with Crippen LogP contribution in [0.2, 0.25) is 5.02 Å². The summed E-state index contributed by atoms with van der Waals surface area (Å²) in [5.41, 5.74) is 9.34. The molecule has 3 N–H and O–H groups in total. The quantitative estimate of drug-likeness (QED) is 0.646. The molecule has 26 heavy (non-hydrogen) atoms. The molecular formula is C21H20ClN3O. The van der Waals surface area contributed by atoms with Crippen molar-refractivity contribution in [1.29, 1.82) is 0 Å². The van der Waals surface area contributed by atoms with E-state index >= 15 is 0 Å². The maximum Gasteiger partial charge on any atom is 0.242 e. The van der Waals surface area contributed by atoms with Crippen LogP contribution >= 0.6 is 11.6 Å². The number of halogens is 1. The lowest BCUT2D eigenvalue weighted by Gasteiger charge is -2.14. The van der Waals surface area contributed by atoms with Crippen LogP contribution in [0.15, 0.2) is 60.7 Å². The zero-order valence-electron chi connectivity index (χ0n) is 14.4. The molecule has 4 rings (SSSR count). The maximum atomic E-state index is 12.6. The van der Waals surface area contributed by atoms with Crippen LogP contribution in [0.1, 0.15) is 23.6 Å². The standard InChI is InChI=1S/C21H20ClN3O/c1-13-11-15(22)9-10-18(13)23-21(26)20-12-19(24-25-20)17-8-4-6-14-5-2-3-7-16(14)17/h2-11,19-20,24-25H,12H2,1H3,(H,23,26). The minimum atomic E-state index is -0.297. The fourth-order valence-electron chi connectivity index (χ4n) is 3.47. The van der Waals surface area contributed by atoms with Crippen molar-refractivity contribution in [2.75, 3.05) is 5.32 Å². The topological polar surface area (TPSA) is 53.2 Å². The molecule has 0 aliphatic carbocycles. The number of hydrazine groups is 1. The highest BCUT2D eigenvalue weighted by Crippen LogP contribution is 2.29. The highest BCUT2D eigenvalue weighted by atomic mass is 35.5. The smallest absolute Gasteiger partial charge is 0.242 e. The average molecular weight is 366 g/mol. The van der Waals surface area contributed by atoms with E-state index in [-0.39, 0.29) is 18.0 Å². The molecule has 1 saturated heterocycles. The van der Waals surface area contributed by atoms with E-state index in [9.17, 15) is 4.79 Å². The molecule has 3 aromatic rings. The van der Waals surface area contributed by atoms with Gasteiger partial charge in [0.1, 0.15) is 6.04 Å². The number of anilines is 1. The molecule has 1 aliphatic rings. The van der Waals surface area contributed by atoms with Gasteiger partial charge in [0.15, 0.2) is 0 Å². The normalized spacial score (nSPS) is 19.6. The lowest BCUT2D eigenvalue weighted by molar-refractivity contribution is -0.117. The van der Waals surface area contributed by atoms with Crippen molar-refractivity contribution in [3.63, 3.8) is 0 Å². The molecule has 2 atom stereocenters. The highest BCUT2D eigenvalue weighted by molar-refractivity contribution is 6.30. The van der Waals surface area contributed by atoms with E-state index in [1.54, 1.807) is 6.07 Å². The van der Waals surface area contributed by atoms with Crippen molar-refractivity contribution >= 4 is 34.0 Å². The molecule has 0 radical (unpaired) electrons. The van der Waals surface area contributed by atoms with Crippen molar-refractivity contribution in [3.05, 3.63) is 76.8 Å². The van der Waals surface area contributed by atoms with E-state index in [0.29, 0.717) is 11.4 Å². The number of amides is 1. The molecule has 2 unspecified atom stereocenters. The lowest BCUT2D eigenvalue weighted by Crippen LogP contribution is -2.39. The number of carbonyl (C=O) groups is 1. The maximum absolute atomic E-state index is 12.6. The van der Waals surface area contributed by atoms with Crippen LogP contribution in [0.4, 0.5) is 5.69 Å². The third kappa shape index (κ3) is 3.31. The SMILES string of the molecule is Cc1cc(Cl)ccc1NC(=O)C1CC(c2cccc3ccccc23)NN1. The predicted molar refractivity (Wildman–Crippen MR) is 106 cm³/mol. The summed E-state index contributed by atoms with van der Waals surface area (Å²) in [6.07, 6.45) is 0.687. The van der Waals surface area contributed by atoms with Gasteiger partial charge in [-0.15, -0.1) is 0 Å². The van der Waals surface area contributed by atoms with E-state index in [1.165, 1.54) is 16.3 Å². The molecule has 0 bridgehead atoms. The summed E-state index contributed by atoms with van der Waals surface area (Å²) in [7, 11) is 0. The number of fused-ring (bicyclic) bond motifs is 1. The molecule has 1 heterocycles. The lowest BCUT2D eigenvalue weighted by atomic mass is 9.96. The number of hydrogen-bond donors (Lipinski definition) is 3. The summed E-state index contributed by atoms with van der Waals surface area (Å²) in [5, 5.41) is 6.07. The van der Waals surface area contributed by atoms with E-state index in [2.05, 4.69) is 46.5 Å². The Hall–Kier alpha value is -2.40. The predicted octanol–water partition coefficient (Wildman–Crippen LogP) is 4.35. The van der Waals surface area contributed by atoms with E-state index in [0.717, 1.165) is 11.3 Å². The van der Waals surface area contributed by atoms with Crippen LogP contribution in [0.3, 0.4) is 0 Å². The first kappa shape index (κ1) is 17.0. The molecule has 5 heteroatoms. The fourth-order valence-corrected chi connectivity index (χ4v) is 3.70. The third-order valence-corrected chi connectivity index (χ3v) is 5.10. The summed E-state index contributed by atoms with van der Waals surface area (Å²) >= 11 is 5.98. The molecule has 4 nitrogen and oxygen atoms in total. The summed E-state index contributed by atoms with van der Waals surface area (Å²) < 4.78 is 0. The van der Waals surface area contributed by atoms with Crippen LogP contribution in [-0.2, 0) is 4.79 Å². The molecule has 0 saturated carbocycles. The molecule has 3 aromatic carbocycles. The minimum absolute atomic E-state index is 0.0503. The fraction of sp³-hybridized carbons (Fsp3) is 0.190. The molecular weight excluding hydrogens is 346 g/mol. The molecule has 1 aliphatic heterocycles. The second kappa shape index (κ2) is 7.08. The average Bonchev–Trinajstić information content (AvgIpc) is 3.13. The Labute approximate surface area is 157 Å². The first-order valence-corrected chi connectivity index (χ1v) is 9.05. The third-order valence-electron chi connectivity index (χ3n) is 4.86. The van der Waals surface area contributed by atoms with Gasteiger partial charge in [-0.25, -0.2) is 10.9 Å². The van der Waals surface area contributed by atoms with Gasteiger partial charge in [-0.05, 0) is 53.4 Å². The first-order valence-electron chi connectivity index (χ1n) is 8.67. The van der Waals surface area contributed by atoms with Crippen molar-refractivity contribution in [2.24, 2.45) is 0 Å². The largest absolute Gasteiger partial charge is 0.324 e. The van der Waals surface area contributed by atoms with Gasteiger partial charge in [-0.1, -0.05) is 54.1 Å². The van der Waals surface area contributed by atoms with Gasteiger partial charge in [0.05, 0.1) is 0 Å². The van der Waals surface area contributed by atoms with Crippen LogP contribution in [0, 0.1) is 6.92 Å². The monoisotopic (exact) mass is 365 g/mol. The Balaban J connectivity index is 1.50. The number of nitrogens with one attached hydrogen (secondary N) is 3. The minimum Gasteiger partial charge on any atom is -0.324 e. The first-order chi connectivity index (χ1) is 12.6. The van der Waals surface area contributed by atoms with Crippen LogP contribution in [0.25, 0.3) is 10.8 Å². The Bertz CT molecular complexity index is 967. The van der Waals surface area contributed by atoms with Gasteiger partial charge in [0, 0.05) is 16.8 Å². The van der Waals surface area contributed by atoms with Crippen molar-refractivity contribution in [2.45, 2.75) is 25.4 Å². The number of benzene rings is 3. The van der Waals surface area contributed by atoms with Gasteiger partial charge in [0.25, 0.3) is 0 Å². The van der Waals surface area contributed by atoms with E-state index in [1.807, 2.05) is 31.2 Å². The van der Waals surface area contributed by atoms with Crippen molar-refractivity contribution in [3.8, 4) is 0 Å². The number of hydrogen-bond acceptors (Lipinski definition) is 3. The molecule has 1 amide bonds. The van der Waals surface area contributed by atoms with Crippen molar-refractivity contribution in [1.82, 2.24) is 10.9 Å². The van der Waals surface area contributed by atoms with Gasteiger partial charge in [-0.3, -0.25) is 4.79 Å². The Morgan fingerprint density at radius 3 is 2.73 bits per heavy atom. The van der Waals surface area contributed by atoms with E-state index < -0.39 is 0 Å². The molecule has 0 spiro atoms. The van der Waals surface area contributed by atoms with Gasteiger partial charge < -0.3 is 5.32 Å². The van der Waals surface area contributed by atoms with Crippen molar-refractivity contribution < 1.29 is 4.79 Å². The summed E-state index contributed by atoms with van der Waals surface area (Å²) in [5.74, 6) is -0.0503. The Morgan fingerprint density at radius 1 is 1.08 bits per heavy atom. The second-order valence-corrected chi connectivity index (χ2v) is 7.08. The summed E-state index contributed by atoms with van der Waals surface area (Å²) in [6.45, 7) is 1.93. The zero-order valence-corrected chi connectivity index (χ0v) is 15.2. The van der Waals surface area contributed by atoms with Crippen LogP contribution in [0.5, 0.6) is 0 Å². The second-order valence-electron chi connectivity index (χ2n) is 6.65. The summed E-state index contributed by atoms with van der Waals surface area (Å²) in [4.78, 5) is 12.6. The van der Waals surface area contributed by atoms with Gasteiger partial charge >= 0.3 is 0 Å². The van der Waals surface area contributed by atoms with Gasteiger partial charge in [0.2, 0.25) is 5.91 Å². The van der Waals surface area contributed by atoms with Gasteiger partial charge in [-0.2, -0.15) is 0 Å². The molecule has 1 fully saturated rings. The number of aryl methyl sites for hydroxylation is 1. The van der Waals surface area contributed by atoms with Crippen LogP contribution < -0.4 is 16.2 Å². The summed E-state index contributed by atoms with van der Waals surface area (Å²) in [6, 6.07) is 19.8. The van der Waals surface area contributed by atoms with Crippen LogP contribution in [-0.4, -0.2) is 11.9 Å².